The molecule has 0 unspecified atom stereocenters. The molecule has 0 bridgehead atoms. The third kappa shape index (κ3) is 2.10. The van der Waals surface area contributed by atoms with Gasteiger partial charge >= 0.3 is 0 Å². The lowest BCUT2D eigenvalue weighted by Crippen LogP contribution is -2.51. The zero-order valence-electron chi connectivity index (χ0n) is 12.2. The zero-order valence-corrected chi connectivity index (χ0v) is 12.2. The maximum atomic E-state index is 12.7. The molecule has 1 aromatic heterocycles. The Hall–Kier alpha value is -1.81. The Bertz CT molecular complexity index is 660. The average Bonchev–Trinajstić information content (AvgIpc) is 2.77. The van der Waals surface area contributed by atoms with Crippen LogP contribution >= 0.6 is 0 Å². The van der Waals surface area contributed by atoms with E-state index in [0.717, 1.165) is 41.7 Å². The maximum Gasteiger partial charge on any atom is 0.289 e. The first kappa shape index (κ1) is 13.2. The van der Waals surface area contributed by atoms with Crippen molar-refractivity contribution in [2.45, 2.75) is 26.8 Å². The van der Waals surface area contributed by atoms with Gasteiger partial charge in [0.2, 0.25) is 0 Å². The number of furan rings is 1. The smallest absolute Gasteiger partial charge is 0.289 e. The summed E-state index contributed by atoms with van der Waals surface area (Å²) < 4.78 is 5.87. The van der Waals surface area contributed by atoms with Crippen molar-refractivity contribution < 1.29 is 9.21 Å². The first-order chi connectivity index (χ1) is 9.58. The van der Waals surface area contributed by atoms with Crippen LogP contribution < -0.4 is 5.32 Å². The van der Waals surface area contributed by atoms with Gasteiger partial charge in [0.05, 0.1) is 0 Å². The third-order valence-corrected chi connectivity index (χ3v) is 4.01. The second-order valence-corrected chi connectivity index (χ2v) is 5.61. The Balaban J connectivity index is 1.99. The van der Waals surface area contributed by atoms with Gasteiger partial charge in [-0.1, -0.05) is 18.2 Å². The van der Waals surface area contributed by atoms with Crippen LogP contribution in [0.3, 0.4) is 0 Å². The number of fused-ring (bicyclic) bond motifs is 1. The van der Waals surface area contributed by atoms with Gasteiger partial charge in [-0.15, -0.1) is 0 Å². The van der Waals surface area contributed by atoms with Crippen LogP contribution in [0.15, 0.2) is 22.6 Å². The summed E-state index contributed by atoms with van der Waals surface area (Å²) in [5.41, 5.74) is 2.84. The number of carbonyl (C=O) groups is 1. The summed E-state index contributed by atoms with van der Waals surface area (Å²) in [4.78, 5) is 14.5. The van der Waals surface area contributed by atoms with Crippen molar-refractivity contribution in [1.82, 2.24) is 10.2 Å². The van der Waals surface area contributed by atoms with Crippen LogP contribution in [0.5, 0.6) is 0 Å². The fraction of sp³-hybridized carbons (Fsp3) is 0.438. The van der Waals surface area contributed by atoms with Crippen molar-refractivity contribution in [3.63, 3.8) is 0 Å². The Morgan fingerprint density at radius 3 is 2.90 bits per heavy atom. The standard InChI is InChI=1S/C16H20N2O2/c1-10-5-4-6-13-12(3)15(20-14(10)13)16(19)18-8-7-17-11(2)9-18/h4-6,11,17H,7-9H2,1-3H3/t11-/m1/s1. The summed E-state index contributed by atoms with van der Waals surface area (Å²) in [5, 5.41) is 4.38. The molecule has 2 aromatic rings. The van der Waals surface area contributed by atoms with E-state index in [-0.39, 0.29) is 5.91 Å². The second kappa shape index (κ2) is 4.94. The molecule has 3 rings (SSSR count). The van der Waals surface area contributed by atoms with Gasteiger partial charge in [-0.3, -0.25) is 4.79 Å². The Morgan fingerprint density at radius 1 is 1.40 bits per heavy atom. The van der Waals surface area contributed by atoms with Crippen LogP contribution in [0.4, 0.5) is 0 Å². The zero-order chi connectivity index (χ0) is 14.3. The molecule has 1 atom stereocenters. The molecule has 1 amide bonds. The van der Waals surface area contributed by atoms with Crippen LogP contribution in [0.1, 0.15) is 28.6 Å². The number of rotatable bonds is 1. The lowest BCUT2D eigenvalue weighted by atomic mass is 10.1. The van der Waals surface area contributed by atoms with Crippen LogP contribution in [-0.2, 0) is 0 Å². The SMILES string of the molecule is Cc1c(C(=O)N2CCN[C@H](C)C2)oc2c(C)cccc12. The van der Waals surface area contributed by atoms with Gasteiger partial charge in [-0.2, -0.15) is 0 Å². The molecule has 4 heteroatoms. The van der Waals surface area contributed by atoms with Crippen LogP contribution in [-0.4, -0.2) is 36.5 Å². The number of nitrogens with zero attached hydrogens (tertiary/aromatic N) is 1. The number of carbonyl (C=O) groups excluding carboxylic acids is 1. The quantitative estimate of drug-likeness (QED) is 0.867. The summed E-state index contributed by atoms with van der Waals surface area (Å²) in [7, 11) is 0. The molecule has 20 heavy (non-hydrogen) atoms. The first-order valence-electron chi connectivity index (χ1n) is 7.09. The molecule has 0 radical (unpaired) electrons. The van der Waals surface area contributed by atoms with Crippen molar-refractivity contribution in [2.75, 3.05) is 19.6 Å². The highest BCUT2D eigenvalue weighted by molar-refractivity contribution is 5.99. The van der Waals surface area contributed by atoms with Crippen molar-refractivity contribution in [3.8, 4) is 0 Å². The Kier molecular flexibility index (Phi) is 3.26. The van der Waals surface area contributed by atoms with Crippen molar-refractivity contribution in [3.05, 3.63) is 35.1 Å². The monoisotopic (exact) mass is 272 g/mol. The predicted octanol–water partition coefficient (Wildman–Crippen LogP) is 2.48. The minimum atomic E-state index is 0.00597. The number of nitrogens with one attached hydrogen (secondary N) is 1. The summed E-state index contributed by atoms with van der Waals surface area (Å²) in [6, 6.07) is 6.35. The molecule has 1 saturated heterocycles. The normalized spacial score (nSPS) is 19.6. The summed E-state index contributed by atoms with van der Waals surface area (Å²) >= 11 is 0. The lowest BCUT2D eigenvalue weighted by Gasteiger charge is -2.31. The molecule has 0 spiro atoms. The average molecular weight is 272 g/mol. The largest absolute Gasteiger partial charge is 0.450 e. The van der Waals surface area contributed by atoms with E-state index in [1.807, 2.05) is 36.9 Å². The maximum absolute atomic E-state index is 12.7. The highest BCUT2D eigenvalue weighted by Crippen LogP contribution is 2.28. The van der Waals surface area contributed by atoms with E-state index >= 15 is 0 Å². The number of aryl methyl sites for hydroxylation is 2. The summed E-state index contributed by atoms with van der Waals surface area (Å²) in [5.74, 6) is 0.495. The number of hydrogen-bond acceptors (Lipinski definition) is 3. The van der Waals surface area contributed by atoms with Crippen LogP contribution in [0.2, 0.25) is 0 Å². The second-order valence-electron chi connectivity index (χ2n) is 5.61. The summed E-state index contributed by atoms with van der Waals surface area (Å²) in [6.45, 7) is 8.36. The van der Waals surface area contributed by atoms with Gasteiger partial charge < -0.3 is 14.6 Å². The fourth-order valence-electron chi connectivity index (χ4n) is 2.85. The van der Waals surface area contributed by atoms with Gasteiger partial charge in [0, 0.05) is 36.6 Å². The predicted molar refractivity (Wildman–Crippen MR) is 79.1 cm³/mol. The molecule has 106 valence electrons. The molecule has 0 saturated carbocycles. The number of hydrogen-bond donors (Lipinski definition) is 1. The number of amides is 1. The highest BCUT2D eigenvalue weighted by atomic mass is 16.3. The minimum absolute atomic E-state index is 0.00597. The molecule has 4 nitrogen and oxygen atoms in total. The van der Waals surface area contributed by atoms with E-state index in [2.05, 4.69) is 12.2 Å². The van der Waals surface area contributed by atoms with Crippen molar-refractivity contribution >= 4 is 16.9 Å². The topological polar surface area (TPSA) is 45.5 Å². The molecular weight excluding hydrogens is 252 g/mol. The molecule has 1 aliphatic rings. The van der Waals surface area contributed by atoms with Gasteiger partial charge in [0.1, 0.15) is 5.58 Å². The van der Waals surface area contributed by atoms with E-state index in [1.54, 1.807) is 0 Å². The van der Waals surface area contributed by atoms with E-state index in [1.165, 1.54) is 0 Å². The molecule has 1 aromatic carbocycles. The molecular formula is C16H20N2O2. The minimum Gasteiger partial charge on any atom is -0.450 e. The highest BCUT2D eigenvalue weighted by Gasteiger charge is 2.26. The molecule has 2 heterocycles. The first-order valence-corrected chi connectivity index (χ1v) is 7.09. The van der Waals surface area contributed by atoms with E-state index in [0.29, 0.717) is 11.8 Å². The van der Waals surface area contributed by atoms with E-state index < -0.39 is 0 Å². The van der Waals surface area contributed by atoms with E-state index in [9.17, 15) is 4.79 Å². The summed E-state index contributed by atoms with van der Waals surface area (Å²) in [6.07, 6.45) is 0. The van der Waals surface area contributed by atoms with Gasteiger partial charge in [0.15, 0.2) is 5.76 Å². The van der Waals surface area contributed by atoms with Crippen molar-refractivity contribution in [1.29, 1.82) is 0 Å². The lowest BCUT2D eigenvalue weighted by molar-refractivity contribution is 0.0678. The Morgan fingerprint density at radius 2 is 2.20 bits per heavy atom. The van der Waals surface area contributed by atoms with Crippen LogP contribution in [0.25, 0.3) is 11.0 Å². The number of para-hydroxylation sites is 1. The fourth-order valence-corrected chi connectivity index (χ4v) is 2.85. The number of piperazine rings is 1. The molecule has 1 N–H and O–H groups in total. The molecule has 0 aliphatic carbocycles. The number of benzene rings is 1. The third-order valence-electron chi connectivity index (χ3n) is 4.01. The van der Waals surface area contributed by atoms with Crippen LogP contribution in [0, 0.1) is 13.8 Å². The van der Waals surface area contributed by atoms with E-state index in [4.69, 9.17) is 4.42 Å². The molecule has 1 aliphatic heterocycles. The molecule has 1 fully saturated rings. The van der Waals surface area contributed by atoms with Gasteiger partial charge in [-0.05, 0) is 26.3 Å². The Labute approximate surface area is 118 Å². The van der Waals surface area contributed by atoms with Crippen molar-refractivity contribution in [2.24, 2.45) is 0 Å². The van der Waals surface area contributed by atoms with Gasteiger partial charge in [-0.25, -0.2) is 0 Å². The van der Waals surface area contributed by atoms with Gasteiger partial charge in [0.25, 0.3) is 5.91 Å².